The van der Waals surface area contributed by atoms with E-state index in [0.717, 1.165) is 34.6 Å². The molecule has 4 bridgehead atoms. The number of aromatic hydroxyl groups is 1. The highest BCUT2D eigenvalue weighted by molar-refractivity contribution is 6.30. The number of aliphatic imine (C=N–C) groups is 1. The maximum Gasteiger partial charge on any atom is 0.124 e. The van der Waals surface area contributed by atoms with Crippen LogP contribution < -0.4 is 0 Å². The SMILES string of the molecule is Cc1ccc(Cl)cc1N=Cc1cc(C23CC4CC(CC(C4)C2)C3)ccc1O. The molecule has 27 heavy (non-hydrogen) atoms. The highest BCUT2D eigenvalue weighted by Gasteiger charge is 2.51. The topological polar surface area (TPSA) is 32.6 Å². The molecule has 0 unspecified atom stereocenters. The molecule has 140 valence electrons. The van der Waals surface area contributed by atoms with Crippen LogP contribution in [0.4, 0.5) is 5.69 Å². The van der Waals surface area contributed by atoms with Gasteiger partial charge >= 0.3 is 0 Å². The number of phenolic OH excluding ortho intramolecular Hbond substituents is 1. The van der Waals surface area contributed by atoms with Gasteiger partial charge in [-0.05, 0) is 104 Å². The van der Waals surface area contributed by atoms with Gasteiger partial charge in [0.15, 0.2) is 0 Å². The summed E-state index contributed by atoms with van der Waals surface area (Å²) >= 11 is 6.11. The highest BCUT2D eigenvalue weighted by atomic mass is 35.5. The van der Waals surface area contributed by atoms with Crippen molar-refractivity contribution in [3.63, 3.8) is 0 Å². The fraction of sp³-hybridized carbons (Fsp3) is 0.458. The standard InChI is InChI=1S/C24H26ClNO/c1-15-2-4-21(25)10-22(15)26-14-19-9-20(3-5-23(19)27)24-11-16-6-17(12-24)8-18(7-16)13-24/h2-5,9-10,14,16-18,27H,6-8,11-13H2,1H3. The molecular formula is C24H26ClNO. The predicted molar refractivity (Wildman–Crippen MR) is 111 cm³/mol. The first kappa shape index (κ1) is 17.3. The first-order chi connectivity index (χ1) is 13.0. The van der Waals surface area contributed by atoms with Gasteiger partial charge in [0.2, 0.25) is 0 Å². The van der Waals surface area contributed by atoms with Crippen LogP contribution in [0.25, 0.3) is 0 Å². The van der Waals surface area contributed by atoms with E-state index in [-0.39, 0.29) is 0 Å². The maximum absolute atomic E-state index is 10.4. The lowest BCUT2D eigenvalue weighted by molar-refractivity contribution is -0.00520. The highest BCUT2D eigenvalue weighted by Crippen LogP contribution is 2.60. The molecule has 3 heteroatoms. The first-order valence-corrected chi connectivity index (χ1v) is 10.5. The molecule has 0 radical (unpaired) electrons. The Balaban J connectivity index is 1.49. The van der Waals surface area contributed by atoms with E-state index in [1.165, 1.54) is 44.1 Å². The second-order valence-electron chi connectivity index (χ2n) is 9.16. The Labute approximate surface area is 166 Å². The van der Waals surface area contributed by atoms with Gasteiger partial charge in [-0.25, -0.2) is 0 Å². The molecule has 2 aromatic rings. The van der Waals surface area contributed by atoms with Crippen molar-refractivity contribution in [2.45, 2.75) is 50.9 Å². The van der Waals surface area contributed by atoms with E-state index in [1.807, 2.05) is 31.2 Å². The summed E-state index contributed by atoms with van der Waals surface area (Å²) in [5.74, 6) is 3.04. The molecule has 2 aromatic carbocycles. The van der Waals surface area contributed by atoms with Crippen molar-refractivity contribution < 1.29 is 5.11 Å². The predicted octanol–water partition coefficient (Wildman–Crippen LogP) is 6.57. The Morgan fingerprint density at radius 2 is 1.67 bits per heavy atom. The summed E-state index contributed by atoms with van der Waals surface area (Å²) in [5, 5.41) is 11.1. The molecule has 0 aromatic heterocycles. The summed E-state index contributed by atoms with van der Waals surface area (Å²) in [6.07, 6.45) is 10.1. The van der Waals surface area contributed by atoms with Crippen molar-refractivity contribution in [1.82, 2.24) is 0 Å². The lowest BCUT2D eigenvalue weighted by Gasteiger charge is -2.57. The van der Waals surface area contributed by atoms with E-state index < -0.39 is 0 Å². The van der Waals surface area contributed by atoms with E-state index in [0.29, 0.717) is 16.2 Å². The van der Waals surface area contributed by atoms with Gasteiger partial charge in [0, 0.05) is 16.8 Å². The van der Waals surface area contributed by atoms with Crippen molar-refractivity contribution in [1.29, 1.82) is 0 Å². The largest absolute Gasteiger partial charge is 0.507 e. The van der Waals surface area contributed by atoms with Gasteiger partial charge in [0.05, 0.1) is 5.69 Å². The molecule has 0 heterocycles. The zero-order valence-corrected chi connectivity index (χ0v) is 16.5. The number of hydrogen-bond acceptors (Lipinski definition) is 2. The van der Waals surface area contributed by atoms with Crippen LogP contribution in [0.15, 0.2) is 41.4 Å². The van der Waals surface area contributed by atoms with Crippen LogP contribution in [0, 0.1) is 24.7 Å². The molecule has 0 atom stereocenters. The van der Waals surface area contributed by atoms with Crippen molar-refractivity contribution in [3.8, 4) is 5.75 Å². The van der Waals surface area contributed by atoms with Crippen LogP contribution >= 0.6 is 11.6 Å². The van der Waals surface area contributed by atoms with Crippen LogP contribution in [0.3, 0.4) is 0 Å². The minimum absolute atomic E-state index is 0.298. The maximum atomic E-state index is 10.4. The summed E-state index contributed by atoms with van der Waals surface area (Å²) in [5.41, 5.74) is 4.47. The first-order valence-electron chi connectivity index (χ1n) is 10.1. The van der Waals surface area contributed by atoms with Crippen molar-refractivity contribution >= 4 is 23.5 Å². The van der Waals surface area contributed by atoms with Crippen molar-refractivity contribution in [2.24, 2.45) is 22.7 Å². The molecule has 2 nitrogen and oxygen atoms in total. The van der Waals surface area contributed by atoms with Gasteiger partial charge in [0.25, 0.3) is 0 Å². The fourth-order valence-corrected chi connectivity index (χ4v) is 6.48. The zero-order valence-electron chi connectivity index (χ0n) is 15.8. The molecule has 0 saturated heterocycles. The van der Waals surface area contributed by atoms with Crippen LogP contribution in [-0.2, 0) is 5.41 Å². The van der Waals surface area contributed by atoms with E-state index >= 15 is 0 Å². The Morgan fingerprint density at radius 1 is 1.00 bits per heavy atom. The van der Waals surface area contributed by atoms with Gasteiger partial charge in [0.1, 0.15) is 5.75 Å². The second kappa shape index (κ2) is 6.38. The Morgan fingerprint density at radius 3 is 2.33 bits per heavy atom. The van der Waals surface area contributed by atoms with Crippen molar-refractivity contribution in [3.05, 3.63) is 58.1 Å². The molecule has 4 aliphatic carbocycles. The lowest BCUT2D eigenvalue weighted by Crippen LogP contribution is -2.48. The summed E-state index contributed by atoms with van der Waals surface area (Å²) in [6.45, 7) is 2.02. The van der Waals surface area contributed by atoms with Crippen molar-refractivity contribution in [2.75, 3.05) is 0 Å². The van der Waals surface area contributed by atoms with Crippen LogP contribution in [0.2, 0.25) is 5.02 Å². The molecule has 0 aliphatic heterocycles. The third-order valence-electron chi connectivity index (χ3n) is 7.19. The van der Waals surface area contributed by atoms with E-state index in [1.54, 1.807) is 6.21 Å². The third-order valence-corrected chi connectivity index (χ3v) is 7.43. The van der Waals surface area contributed by atoms with E-state index in [2.05, 4.69) is 17.1 Å². The average molecular weight is 380 g/mol. The van der Waals surface area contributed by atoms with E-state index in [9.17, 15) is 5.11 Å². The molecule has 4 saturated carbocycles. The summed E-state index contributed by atoms with van der Waals surface area (Å²) in [7, 11) is 0. The molecule has 4 fully saturated rings. The minimum Gasteiger partial charge on any atom is -0.507 e. The number of phenols is 1. The number of hydrogen-bond donors (Lipinski definition) is 1. The third kappa shape index (κ3) is 3.08. The van der Waals surface area contributed by atoms with Gasteiger partial charge in [-0.15, -0.1) is 0 Å². The zero-order chi connectivity index (χ0) is 18.6. The Hall–Kier alpha value is -1.80. The Bertz CT molecular complexity index is 881. The van der Waals surface area contributed by atoms with Gasteiger partial charge < -0.3 is 5.11 Å². The van der Waals surface area contributed by atoms with Gasteiger partial charge in [-0.3, -0.25) is 4.99 Å². The lowest BCUT2D eigenvalue weighted by atomic mass is 9.48. The normalized spacial score (nSPS) is 31.7. The van der Waals surface area contributed by atoms with Crippen LogP contribution in [0.5, 0.6) is 5.75 Å². The molecule has 0 amide bonds. The second-order valence-corrected chi connectivity index (χ2v) is 9.60. The quantitative estimate of drug-likeness (QED) is 0.600. The van der Waals surface area contributed by atoms with Gasteiger partial charge in [-0.2, -0.15) is 0 Å². The number of benzene rings is 2. The van der Waals surface area contributed by atoms with Crippen LogP contribution in [0.1, 0.15) is 55.2 Å². The molecule has 1 N–H and O–H groups in total. The van der Waals surface area contributed by atoms with E-state index in [4.69, 9.17) is 11.6 Å². The smallest absolute Gasteiger partial charge is 0.124 e. The number of aryl methyl sites for hydroxylation is 1. The summed E-state index contributed by atoms with van der Waals surface area (Å²) in [6, 6.07) is 11.9. The Kier molecular flexibility index (Phi) is 4.09. The summed E-state index contributed by atoms with van der Waals surface area (Å²) < 4.78 is 0. The molecule has 0 spiro atoms. The monoisotopic (exact) mass is 379 g/mol. The number of halogens is 1. The molecule has 4 aliphatic rings. The van der Waals surface area contributed by atoms with Crippen LogP contribution in [-0.4, -0.2) is 11.3 Å². The number of rotatable bonds is 3. The minimum atomic E-state index is 0.298. The summed E-state index contributed by atoms with van der Waals surface area (Å²) in [4.78, 5) is 4.62. The fourth-order valence-electron chi connectivity index (χ4n) is 6.31. The number of nitrogens with zero attached hydrogens (tertiary/aromatic N) is 1. The molecular weight excluding hydrogens is 354 g/mol. The average Bonchev–Trinajstić information content (AvgIpc) is 2.62. The molecule has 6 rings (SSSR count). The van der Waals surface area contributed by atoms with Gasteiger partial charge in [-0.1, -0.05) is 23.7 Å².